The minimum atomic E-state index is -1.38. The molecule has 0 saturated carbocycles. The Morgan fingerprint density at radius 1 is 1.45 bits per heavy atom. The van der Waals surface area contributed by atoms with Crippen LogP contribution in [-0.2, 0) is 9.47 Å². The third kappa shape index (κ3) is 4.11. The predicted molar refractivity (Wildman–Crippen MR) is 72.6 cm³/mol. The number of nitrogens with zero attached hydrogens (tertiary/aromatic N) is 1. The first-order chi connectivity index (χ1) is 10.5. The zero-order valence-electron chi connectivity index (χ0n) is 12.1. The van der Waals surface area contributed by atoms with Crippen LogP contribution in [0, 0.1) is 21.7 Å². The van der Waals surface area contributed by atoms with Crippen molar-refractivity contribution >= 4 is 5.69 Å². The van der Waals surface area contributed by atoms with Crippen LogP contribution in [0.15, 0.2) is 12.1 Å². The van der Waals surface area contributed by atoms with Gasteiger partial charge in [0.1, 0.15) is 6.61 Å². The lowest BCUT2D eigenvalue weighted by Gasteiger charge is -2.26. The lowest BCUT2D eigenvalue weighted by atomic mass is 10.2. The van der Waals surface area contributed by atoms with Gasteiger partial charge in [-0.2, -0.15) is 4.39 Å². The van der Waals surface area contributed by atoms with Gasteiger partial charge in [0, 0.05) is 12.7 Å². The summed E-state index contributed by atoms with van der Waals surface area (Å²) in [5.41, 5.74) is -0.625. The summed E-state index contributed by atoms with van der Waals surface area (Å²) in [4.78, 5) is 10.0. The molecule has 122 valence electrons. The van der Waals surface area contributed by atoms with Gasteiger partial charge in [-0.3, -0.25) is 10.1 Å². The number of nitro groups is 1. The maximum Gasteiger partial charge on any atom is 0.314 e. The zero-order chi connectivity index (χ0) is 16.1. The van der Waals surface area contributed by atoms with Gasteiger partial charge in [0.2, 0.25) is 11.6 Å². The molecule has 1 heterocycles. The van der Waals surface area contributed by atoms with Gasteiger partial charge in [0.25, 0.3) is 0 Å². The van der Waals surface area contributed by atoms with E-state index in [1.54, 1.807) is 6.92 Å². The fourth-order valence-electron chi connectivity index (χ4n) is 2.12. The van der Waals surface area contributed by atoms with E-state index in [2.05, 4.69) is 0 Å². The molecule has 0 aliphatic carbocycles. The number of ether oxygens (including phenoxy) is 3. The van der Waals surface area contributed by atoms with Crippen LogP contribution in [0.3, 0.4) is 0 Å². The Balaban J connectivity index is 1.98. The molecule has 1 fully saturated rings. The van der Waals surface area contributed by atoms with Crippen LogP contribution in [0.25, 0.3) is 0 Å². The Morgan fingerprint density at radius 3 is 2.86 bits per heavy atom. The second kappa shape index (κ2) is 7.46. The summed E-state index contributed by atoms with van der Waals surface area (Å²) in [7, 11) is 0. The molecule has 2 atom stereocenters. The number of hydrogen-bond acceptors (Lipinski definition) is 5. The van der Waals surface area contributed by atoms with E-state index in [1.165, 1.54) is 0 Å². The molecule has 1 aromatic rings. The topological polar surface area (TPSA) is 70.8 Å². The number of hydrogen-bond donors (Lipinski definition) is 0. The Kier molecular flexibility index (Phi) is 5.62. The smallest absolute Gasteiger partial charge is 0.314 e. The van der Waals surface area contributed by atoms with Crippen molar-refractivity contribution in [2.75, 3.05) is 13.2 Å². The quantitative estimate of drug-likeness (QED) is 0.595. The van der Waals surface area contributed by atoms with E-state index in [1.807, 2.05) is 0 Å². The average molecular weight is 317 g/mol. The van der Waals surface area contributed by atoms with E-state index < -0.39 is 34.1 Å². The lowest BCUT2D eigenvalue weighted by Crippen LogP contribution is -2.29. The minimum absolute atomic E-state index is 0.152. The first-order valence-electron chi connectivity index (χ1n) is 7.01. The SMILES string of the molecule is CC(COc1c([N+](=O)[O-])ccc(F)c1F)O[C@H]1CCCCO1. The predicted octanol–water partition coefficient (Wildman–Crippen LogP) is 3.18. The van der Waals surface area contributed by atoms with Gasteiger partial charge in [-0.05, 0) is 32.3 Å². The van der Waals surface area contributed by atoms with Gasteiger partial charge in [0.05, 0.1) is 11.0 Å². The molecule has 1 aliphatic heterocycles. The summed E-state index contributed by atoms with van der Waals surface area (Å²) in [5, 5.41) is 10.8. The van der Waals surface area contributed by atoms with Gasteiger partial charge in [-0.1, -0.05) is 0 Å². The number of halogens is 2. The second-order valence-corrected chi connectivity index (χ2v) is 5.02. The fourth-order valence-corrected chi connectivity index (χ4v) is 2.12. The summed E-state index contributed by atoms with van der Waals surface area (Å²) in [6, 6.07) is 1.56. The maximum absolute atomic E-state index is 13.7. The molecular formula is C14H17F2NO5. The highest BCUT2D eigenvalue weighted by Crippen LogP contribution is 2.31. The molecule has 22 heavy (non-hydrogen) atoms. The van der Waals surface area contributed by atoms with Gasteiger partial charge in [-0.25, -0.2) is 4.39 Å². The van der Waals surface area contributed by atoms with E-state index in [9.17, 15) is 18.9 Å². The molecule has 0 amide bonds. The first-order valence-corrected chi connectivity index (χ1v) is 7.01. The maximum atomic E-state index is 13.7. The van der Waals surface area contributed by atoms with Crippen molar-refractivity contribution in [2.24, 2.45) is 0 Å². The third-order valence-electron chi connectivity index (χ3n) is 3.21. The van der Waals surface area contributed by atoms with E-state index >= 15 is 0 Å². The number of nitro benzene ring substituents is 1. The molecule has 0 spiro atoms. The zero-order valence-corrected chi connectivity index (χ0v) is 12.1. The molecule has 0 aromatic heterocycles. The first kappa shape index (κ1) is 16.6. The van der Waals surface area contributed by atoms with Crippen molar-refractivity contribution < 1.29 is 27.9 Å². The summed E-state index contributed by atoms with van der Waals surface area (Å²) >= 11 is 0. The van der Waals surface area contributed by atoms with Crippen molar-refractivity contribution in [3.05, 3.63) is 33.9 Å². The summed E-state index contributed by atoms with van der Waals surface area (Å²) in [6.07, 6.45) is 1.87. The molecule has 1 unspecified atom stereocenters. The molecule has 2 rings (SSSR count). The van der Waals surface area contributed by atoms with Crippen molar-refractivity contribution in [1.29, 1.82) is 0 Å². The van der Waals surface area contributed by atoms with Crippen molar-refractivity contribution in [3.63, 3.8) is 0 Å². The van der Waals surface area contributed by atoms with Gasteiger partial charge < -0.3 is 14.2 Å². The molecule has 1 saturated heterocycles. The second-order valence-electron chi connectivity index (χ2n) is 5.02. The van der Waals surface area contributed by atoms with Crippen LogP contribution in [0.1, 0.15) is 26.2 Å². The molecule has 0 bridgehead atoms. The molecule has 1 aliphatic rings. The highest BCUT2D eigenvalue weighted by Gasteiger charge is 2.24. The van der Waals surface area contributed by atoms with Crippen molar-refractivity contribution in [1.82, 2.24) is 0 Å². The van der Waals surface area contributed by atoms with E-state index in [4.69, 9.17) is 14.2 Å². The van der Waals surface area contributed by atoms with Crippen molar-refractivity contribution in [2.45, 2.75) is 38.6 Å². The van der Waals surface area contributed by atoms with Gasteiger partial charge >= 0.3 is 5.69 Å². The highest BCUT2D eigenvalue weighted by molar-refractivity contribution is 5.47. The van der Waals surface area contributed by atoms with E-state index in [0.717, 1.165) is 25.3 Å². The fraction of sp³-hybridized carbons (Fsp3) is 0.571. The summed E-state index contributed by atoms with van der Waals surface area (Å²) in [6.45, 7) is 2.13. The Morgan fingerprint density at radius 2 is 2.23 bits per heavy atom. The van der Waals surface area contributed by atoms with Gasteiger partial charge in [0.15, 0.2) is 12.1 Å². The monoisotopic (exact) mass is 317 g/mol. The summed E-state index contributed by atoms with van der Waals surface area (Å²) < 4.78 is 42.9. The Labute approximate surface area is 126 Å². The lowest BCUT2D eigenvalue weighted by molar-refractivity contribution is -0.386. The van der Waals surface area contributed by atoms with Crippen LogP contribution in [0.4, 0.5) is 14.5 Å². The third-order valence-corrected chi connectivity index (χ3v) is 3.21. The van der Waals surface area contributed by atoms with Crippen LogP contribution in [0.5, 0.6) is 5.75 Å². The molecule has 0 N–H and O–H groups in total. The van der Waals surface area contributed by atoms with Crippen LogP contribution in [0.2, 0.25) is 0 Å². The van der Waals surface area contributed by atoms with Crippen LogP contribution < -0.4 is 4.74 Å². The Hall–Kier alpha value is -1.80. The van der Waals surface area contributed by atoms with Crippen molar-refractivity contribution in [3.8, 4) is 5.75 Å². The highest BCUT2D eigenvalue weighted by atomic mass is 19.2. The molecular weight excluding hydrogens is 300 g/mol. The number of benzene rings is 1. The summed E-state index contributed by atoms with van der Waals surface area (Å²) in [5.74, 6) is -3.30. The molecule has 1 aromatic carbocycles. The normalized spacial score (nSPS) is 19.7. The van der Waals surface area contributed by atoms with E-state index in [-0.39, 0.29) is 12.9 Å². The standard InChI is InChI=1S/C14H17F2NO5/c1-9(22-12-4-2-3-7-20-12)8-21-14-11(17(18)19)6-5-10(15)13(14)16/h5-6,9,12H,2-4,7-8H2,1H3/t9?,12-/m0/s1. The largest absolute Gasteiger partial charge is 0.482 e. The molecule has 8 heteroatoms. The number of rotatable bonds is 6. The van der Waals surface area contributed by atoms with Crippen LogP contribution in [-0.4, -0.2) is 30.5 Å². The Bertz CT molecular complexity index is 534. The molecule has 6 nitrogen and oxygen atoms in total. The van der Waals surface area contributed by atoms with Gasteiger partial charge in [-0.15, -0.1) is 0 Å². The van der Waals surface area contributed by atoms with E-state index in [0.29, 0.717) is 12.7 Å². The molecule has 0 radical (unpaired) electrons. The minimum Gasteiger partial charge on any atom is -0.482 e. The van der Waals surface area contributed by atoms with Crippen LogP contribution >= 0.6 is 0 Å². The average Bonchev–Trinajstić information content (AvgIpc) is 2.49.